The lowest BCUT2D eigenvalue weighted by molar-refractivity contribution is 0.00578. The number of thiophene rings is 1. The van der Waals surface area contributed by atoms with E-state index in [1.165, 1.54) is 0 Å². The van der Waals surface area contributed by atoms with E-state index in [1.54, 1.807) is 16.2 Å². The van der Waals surface area contributed by atoms with Crippen molar-refractivity contribution in [2.24, 2.45) is 0 Å². The lowest BCUT2D eigenvalue weighted by Crippen LogP contribution is -2.41. The van der Waals surface area contributed by atoms with E-state index in [9.17, 15) is 4.79 Å². The maximum absolute atomic E-state index is 14.6. The molecule has 1 aromatic heterocycles. The first-order valence-electron chi connectivity index (χ1n) is 15.9. The molecule has 0 spiro atoms. The number of hydrogen-bond acceptors (Lipinski definition) is 6. The largest absolute Gasteiger partial charge is 0.494 e. The summed E-state index contributed by atoms with van der Waals surface area (Å²) in [5.41, 5.74) is 5.21. The van der Waals surface area contributed by atoms with Gasteiger partial charge in [-0.2, -0.15) is 11.3 Å². The lowest BCUT2D eigenvalue weighted by Gasteiger charge is -2.32. The van der Waals surface area contributed by atoms with Gasteiger partial charge in [-0.25, -0.2) is 0 Å². The van der Waals surface area contributed by atoms with E-state index in [0.717, 1.165) is 33.4 Å². The molecule has 1 saturated heterocycles. The van der Waals surface area contributed by atoms with E-state index < -0.39 is 18.3 Å². The maximum Gasteiger partial charge on any atom is 0.494 e. The number of rotatable bonds is 11. The Hall–Kier alpha value is -4.37. The molecule has 6 rings (SSSR count). The summed E-state index contributed by atoms with van der Waals surface area (Å²) in [5.74, 6) is 0.974. The van der Waals surface area contributed by atoms with Crippen LogP contribution in [0.1, 0.15) is 60.3 Å². The van der Waals surface area contributed by atoms with Crippen LogP contribution in [0, 0.1) is 6.92 Å². The number of carbonyl (C=O) groups is 1. The highest BCUT2D eigenvalue weighted by Crippen LogP contribution is 2.37. The van der Waals surface area contributed by atoms with E-state index in [4.69, 9.17) is 18.8 Å². The van der Waals surface area contributed by atoms with Crippen molar-refractivity contribution in [2.75, 3.05) is 4.90 Å². The molecule has 1 fully saturated rings. The van der Waals surface area contributed by atoms with Gasteiger partial charge in [-0.15, -0.1) is 0 Å². The molecule has 8 heteroatoms. The molecule has 47 heavy (non-hydrogen) atoms. The summed E-state index contributed by atoms with van der Waals surface area (Å²) < 4.78 is 25.2. The molecule has 0 bridgehead atoms. The van der Waals surface area contributed by atoms with Crippen LogP contribution in [0.25, 0.3) is 0 Å². The van der Waals surface area contributed by atoms with Gasteiger partial charge in [-0.1, -0.05) is 72.8 Å². The van der Waals surface area contributed by atoms with Crippen molar-refractivity contribution < 1.29 is 23.6 Å². The molecule has 1 amide bonds. The molecule has 6 nitrogen and oxygen atoms in total. The molecule has 0 unspecified atom stereocenters. The molecule has 1 aliphatic heterocycles. The first-order chi connectivity index (χ1) is 22.6. The molecule has 1 aliphatic rings. The van der Waals surface area contributed by atoms with Gasteiger partial charge in [0.25, 0.3) is 5.91 Å². The Kier molecular flexibility index (Phi) is 9.55. The molecule has 4 aromatic carbocycles. The van der Waals surface area contributed by atoms with Gasteiger partial charge >= 0.3 is 7.12 Å². The molecule has 0 radical (unpaired) electrons. The fourth-order valence-electron chi connectivity index (χ4n) is 5.36. The Balaban J connectivity index is 1.32. The first-order valence-corrected chi connectivity index (χ1v) is 16.8. The van der Waals surface area contributed by atoms with Crippen molar-refractivity contribution in [2.45, 2.75) is 65.6 Å². The van der Waals surface area contributed by atoms with Crippen LogP contribution in [0.4, 0.5) is 5.69 Å². The van der Waals surface area contributed by atoms with Crippen molar-refractivity contribution in [1.29, 1.82) is 0 Å². The molecule has 0 N–H and O–H groups in total. The highest BCUT2D eigenvalue weighted by molar-refractivity contribution is 7.07. The van der Waals surface area contributed by atoms with Gasteiger partial charge in [0.1, 0.15) is 24.7 Å². The quantitative estimate of drug-likeness (QED) is 0.135. The molecular weight excluding hydrogens is 605 g/mol. The van der Waals surface area contributed by atoms with Gasteiger partial charge in [0, 0.05) is 11.8 Å². The number of hydrogen-bond donors (Lipinski definition) is 0. The van der Waals surface area contributed by atoms with Crippen molar-refractivity contribution >= 4 is 35.5 Å². The van der Waals surface area contributed by atoms with Gasteiger partial charge in [0.2, 0.25) is 0 Å². The SMILES string of the molecule is Cc1cc(C(=O)N(Cc2ccsc2)c2ccc(B3OC(C)(C)C(C)(C)O3)cc2)c(OCc2ccccc2)cc1OCc1ccccc1. The lowest BCUT2D eigenvalue weighted by atomic mass is 9.79. The Morgan fingerprint density at radius 1 is 0.745 bits per heavy atom. The monoisotopic (exact) mass is 645 g/mol. The third-order valence-corrected chi connectivity index (χ3v) is 9.61. The highest BCUT2D eigenvalue weighted by Gasteiger charge is 2.51. The van der Waals surface area contributed by atoms with Crippen molar-refractivity contribution in [1.82, 2.24) is 0 Å². The maximum atomic E-state index is 14.6. The van der Waals surface area contributed by atoms with Crippen LogP contribution in [0.2, 0.25) is 0 Å². The van der Waals surface area contributed by atoms with Gasteiger partial charge in [-0.05, 0) is 97.4 Å². The second kappa shape index (κ2) is 13.8. The summed E-state index contributed by atoms with van der Waals surface area (Å²) in [6.07, 6.45) is 0. The molecule has 0 atom stereocenters. The zero-order valence-electron chi connectivity index (χ0n) is 27.6. The summed E-state index contributed by atoms with van der Waals surface area (Å²) in [5, 5.41) is 4.09. The minimum absolute atomic E-state index is 0.166. The standard InChI is InChI=1S/C39H40BNO5S/c1-28-22-34(36(44-26-30-14-10-7-11-15-30)23-35(28)43-25-29-12-8-6-9-13-29)37(42)41(24-31-20-21-47-27-31)33-18-16-32(17-19-33)40-45-38(2,3)39(4,5)46-40/h6-23,27H,24-26H2,1-5H3. The average molecular weight is 646 g/mol. The first kappa shape index (κ1) is 32.6. The summed E-state index contributed by atoms with van der Waals surface area (Å²) in [6.45, 7) is 11.3. The van der Waals surface area contributed by atoms with E-state index in [0.29, 0.717) is 36.8 Å². The minimum Gasteiger partial charge on any atom is -0.488 e. The molecular formula is C39H40BNO5S. The fourth-order valence-corrected chi connectivity index (χ4v) is 6.02. The zero-order chi connectivity index (χ0) is 33.0. The van der Waals surface area contributed by atoms with Crippen molar-refractivity contribution in [3.63, 3.8) is 0 Å². The van der Waals surface area contributed by atoms with Crippen molar-refractivity contribution in [3.05, 3.63) is 142 Å². The number of carbonyl (C=O) groups excluding carboxylic acids is 1. The number of nitrogens with zero attached hydrogens (tertiary/aromatic N) is 1. The van der Waals surface area contributed by atoms with Crippen molar-refractivity contribution in [3.8, 4) is 11.5 Å². The summed E-state index contributed by atoms with van der Waals surface area (Å²) in [6, 6.07) is 33.6. The average Bonchev–Trinajstić information content (AvgIpc) is 3.67. The number of aryl methyl sites for hydroxylation is 1. The Morgan fingerprint density at radius 2 is 1.32 bits per heavy atom. The number of amides is 1. The zero-order valence-corrected chi connectivity index (χ0v) is 28.4. The van der Waals surface area contributed by atoms with Crippen LogP contribution >= 0.6 is 11.3 Å². The Labute approximate surface area is 282 Å². The van der Waals surface area contributed by atoms with E-state index >= 15 is 0 Å². The Bertz CT molecular complexity index is 1780. The van der Waals surface area contributed by atoms with E-state index in [2.05, 4.69) is 5.38 Å². The van der Waals surface area contributed by atoms with Gasteiger partial charge in [0.15, 0.2) is 0 Å². The third-order valence-electron chi connectivity index (χ3n) is 8.88. The summed E-state index contributed by atoms with van der Waals surface area (Å²) >= 11 is 1.61. The van der Waals surface area contributed by atoms with Crippen LogP contribution in [-0.2, 0) is 29.1 Å². The normalized spacial score (nSPS) is 15.0. The molecule has 240 valence electrons. The van der Waals surface area contributed by atoms with Crippen LogP contribution < -0.4 is 19.8 Å². The predicted molar refractivity (Wildman–Crippen MR) is 190 cm³/mol. The smallest absolute Gasteiger partial charge is 0.488 e. The van der Waals surface area contributed by atoms with Crippen LogP contribution in [0.15, 0.2) is 114 Å². The van der Waals surface area contributed by atoms with Crippen LogP contribution in [-0.4, -0.2) is 24.2 Å². The van der Waals surface area contributed by atoms with E-state index in [-0.39, 0.29) is 5.91 Å². The van der Waals surface area contributed by atoms with Crippen LogP contribution in [0.3, 0.4) is 0 Å². The predicted octanol–water partition coefficient (Wildman–Crippen LogP) is 8.36. The minimum atomic E-state index is -0.487. The van der Waals surface area contributed by atoms with E-state index in [1.807, 2.05) is 143 Å². The fraction of sp³-hybridized carbons (Fsp3) is 0.256. The third kappa shape index (κ3) is 7.46. The molecule has 0 aliphatic carbocycles. The van der Waals surface area contributed by atoms with Gasteiger partial charge < -0.3 is 23.7 Å². The second-order valence-corrected chi connectivity index (χ2v) is 13.6. The molecule has 2 heterocycles. The number of ether oxygens (including phenoxy) is 2. The van der Waals surface area contributed by atoms with Gasteiger partial charge in [0.05, 0.1) is 23.3 Å². The summed E-state index contributed by atoms with van der Waals surface area (Å²) in [4.78, 5) is 16.4. The highest BCUT2D eigenvalue weighted by atomic mass is 32.1. The van der Waals surface area contributed by atoms with Gasteiger partial charge in [-0.3, -0.25) is 4.79 Å². The Morgan fingerprint density at radius 3 is 1.87 bits per heavy atom. The number of benzene rings is 4. The number of anilines is 1. The van der Waals surface area contributed by atoms with Crippen LogP contribution in [0.5, 0.6) is 11.5 Å². The second-order valence-electron chi connectivity index (χ2n) is 12.9. The molecule has 0 saturated carbocycles. The summed E-state index contributed by atoms with van der Waals surface area (Å²) in [7, 11) is -0.487. The topological polar surface area (TPSA) is 57.2 Å². The molecule has 5 aromatic rings.